The molecule has 0 aliphatic carbocycles. The standard InChI is InChI=1S/C21H26N2O5/c1-4-13-26-18-7-5-6-8-19(18)27-15-21(25)28-14-20(24)22-16-9-11-17(12-10-16)23(2)3/h5-12H,4,13-15H2,1-3H3,(H,22,24). The fourth-order valence-corrected chi connectivity index (χ4v) is 2.27. The van der Waals surface area contributed by atoms with Gasteiger partial charge in [-0.3, -0.25) is 4.79 Å². The molecule has 0 aliphatic rings. The van der Waals surface area contributed by atoms with Crippen molar-refractivity contribution in [3.8, 4) is 11.5 Å². The molecule has 0 aliphatic heterocycles. The van der Waals surface area contributed by atoms with Crippen molar-refractivity contribution in [2.75, 3.05) is 44.1 Å². The average Bonchev–Trinajstić information content (AvgIpc) is 2.70. The van der Waals surface area contributed by atoms with E-state index in [9.17, 15) is 9.59 Å². The van der Waals surface area contributed by atoms with Crippen molar-refractivity contribution in [3.63, 3.8) is 0 Å². The summed E-state index contributed by atoms with van der Waals surface area (Å²) in [6, 6.07) is 14.4. The van der Waals surface area contributed by atoms with E-state index >= 15 is 0 Å². The van der Waals surface area contributed by atoms with Crippen LogP contribution in [0.2, 0.25) is 0 Å². The number of para-hydroxylation sites is 2. The lowest BCUT2D eigenvalue weighted by Crippen LogP contribution is -2.23. The molecule has 0 spiro atoms. The molecular formula is C21H26N2O5. The van der Waals surface area contributed by atoms with Gasteiger partial charge >= 0.3 is 5.97 Å². The van der Waals surface area contributed by atoms with Crippen molar-refractivity contribution in [1.29, 1.82) is 0 Å². The lowest BCUT2D eigenvalue weighted by molar-refractivity contribution is -0.149. The number of benzene rings is 2. The molecule has 0 fully saturated rings. The van der Waals surface area contributed by atoms with E-state index in [2.05, 4.69) is 5.32 Å². The van der Waals surface area contributed by atoms with Crippen LogP contribution < -0.4 is 19.7 Å². The first-order valence-electron chi connectivity index (χ1n) is 9.07. The van der Waals surface area contributed by atoms with Crippen LogP contribution in [-0.2, 0) is 14.3 Å². The molecule has 150 valence electrons. The Morgan fingerprint density at radius 2 is 1.57 bits per heavy atom. The van der Waals surface area contributed by atoms with Gasteiger partial charge in [0.15, 0.2) is 24.7 Å². The van der Waals surface area contributed by atoms with Crippen LogP contribution in [0.25, 0.3) is 0 Å². The van der Waals surface area contributed by atoms with Crippen molar-refractivity contribution >= 4 is 23.3 Å². The van der Waals surface area contributed by atoms with Gasteiger partial charge in [0.25, 0.3) is 5.91 Å². The van der Waals surface area contributed by atoms with Crippen LogP contribution in [0.3, 0.4) is 0 Å². The number of ether oxygens (including phenoxy) is 3. The summed E-state index contributed by atoms with van der Waals surface area (Å²) >= 11 is 0. The smallest absolute Gasteiger partial charge is 0.344 e. The normalized spacial score (nSPS) is 10.1. The summed E-state index contributed by atoms with van der Waals surface area (Å²) in [5.41, 5.74) is 1.65. The molecule has 0 heterocycles. The Labute approximate surface area is 165 Å². The van der Waals surface area contributed by atoms with Crippen LogP contribution in [0.15, 0.2) is 48.5 Å². The van der Waals surface area contributed by atoms with E-state index in [1.54, 1.807) is 30.3 Å². The van der Waals surface area contributed by atoms with Crippen LogP contribution >= 0.6 is 0 Å². The van der Waals surface area contributed by atoms with Gasteiger partial charge in [-0.25, -0.2) is 4.79 Å². The van der Waals surface area contributed by atoms with Crippen molar-refractivity contribution in [3.05, 3.63) is 48.5 Å². The van der Waals surface area contributed by atoms with E-state index in [-0.39, 0.29) is 13.2 Å². The van der Waals surface area contributed by atoms with E-state index < -0.39 is 11.9 Å². The molecule has 0 radical (unpaired) electrons. The predicted octanol–water partition coefficient (Wildman–Crippen LogP) is 3.10. The predicted molar refractivity (Wildman–Crippen MR) is 108 cm³/mol. The zero-order chi connectivity index (χ0) is 20.4. The topological polar surface area (TPSA) is 77.1 Å². The zero-order valence-electron chi connectivity index (χ0n) is 16.4. The zero-order valence-corrected chi connectivity index (χ0v) is 16.4. The highest BCUT2D eigenvalue weighted by Gasteiger charge is 2.11. The maximum Gasteiger partial charge on any atom is 0.344 e. The fraction of sp³-hybridized carbons (Fsp3) is 0.333. The minimum atomic E-state index is -0.636. The Kier molecular flexibility index (Phi) is 8.14. The second-order valence-corrected chi connectivity index (χ2v) is 6.23. The number of rotatable bonds is 10. The maximum atomic E-state index is 11.9. The third kappa shape index (κ3) is 6.83. The minimum absolute atomic E-state index is 0.308. The van der Waals surface area contributed by atoms with Gasteiger partial charge < -0.3 is 24.4 Å². The monoisotopic (exact) mass is 386 g/mol. The van der Waals surface area contributed by atoms with Gasteiger partial charge in [0.05, 0.1) is 6.61 Å². The maximum absolute atomic E-state index is 11.9. The van der Waals surface area contributed by atoms with E-state index in [1.807, 2.05) is 44.1 Å². The molecule has 0 saturated carbocycles. The van der Waals surface area contributed by atoms with Gasteiger partial charge in [-0.05, 0) is 42.8 Å². The summed E-state index contributed by atoms with van der Waals surface area (Å²) in [4.78, 5) is 25.7. The Hall–Kier alpha value is -3.22. The first kappa shape index (κ1) is 21.1. The molecule has 7 nitrogen and oxygen atoms in total. The summed E-state index contributed by atoms with van der Waals surface area (Å²) in [7, 11) is 3.87. The Morgan fingerprint density at radius 3 is 2.18 bits per heavy atom. The lowest BCUT2D eigenvalue weighted by atomic mass is 10.2. The highest BCUT2D eigenvalue weighted by molar-refractivity contribution is 5.93. The van der Waals surface area contributed by atoms with Crippen molar-refractivity contribution in [2.24, 2.45) is 0 Å². The van der Waals surface area contributed by atoms with E-state index in [4.69, 9.17) is 14.2 Å². The summed E-state index contributed by atoms with van der Waals surface area (Å²) in [5, 5.41) is 2.67. The van der Waals surface area contributed by atoms with Crippen LogP contribution in [0, 0.1) is 0 Å². The number of nitrogens with zero attached hydrogens (tertiary/aromatic N) is 1. The largest absolute Gasteiger partial charge is 0.490 e. The number of anilines is 2. The molecular weight excluding hydrogens is 360 g/mol. The number of hydrogen-bond acceptors (Lipinski definition) is 6. The first-order chi connectivity index (χ1) is 13.5. The SMILES string of the molecule is CCCOc1ccccc1OCC(=O)OCC(=O)Nc1ccc(N(C)C)cc1. The molecule has 0 unspecified atom stereocenters. The summed E-state index contributed by atoms with van der Waals surface area (Å²) in [5.74, 6) is -0.0320. The van der Waals surface area contributed by atoms with E-state index in [1.165, 1.54) is 0 Å². The fourth-order valence-electron chi connectivity index (χ4n) is 2.27. The number of nitrogens with one attached hydrogen (secondary N) is 1. The van der Waals surface area contributed by atoms with Crippen LogP contribution in [0.4, 0.5) is 11.4 Å². The van der Waals surface area contributed by atoms with Gasteiger partial charge in [-0.15, -0.1) is 0 Å². The number of carbonyl (C=O) groups excluding carboxylic acids is 2. The van der Waals surface area contributed by atoms with Crippen LogP contribution in [0.1, 0.15) is 13.3 Å². The molecule has 28 heavy (non-hydrogen) atoms. The third-order valence-electron chi connectivity index (χ3n) is 3.69. The highest BCUT2D eigenvalue weighted by Crippen LogP contribution is 2.26. The third-order valence-corrected chi connectivity index (χ3v) is 3.69. The molecule has 0 atom stereocenters. The molecule has 2 aromatic rings. The second-order valence-electron chi connectivity index (χ2n) is 6.23. The van der Waals surface area contributed by atoms with Gasteiger partial charge in [0.1, 0.15) is 0 Å². The summed E-state index contributed by atoms with van der Waals surface area (Å²) in [6.45, 7) is 1.87. The van der Waals surface area contributed by atoms with Gasteiger partial charge in [0, 0.05) is 25.5 Å². The molecule has 1 N–H and O–H groups in total. The van der Waals surface area contributed by atoms with E-state index in [0.717, 1.165) is 12.1 Å². The van der Waals surface area contributed by atoms with Gasteiger partial charge in [0.2, 0.25) is 0 Å². The first-order valence-corrected chi connectivity index (χ1v) is 9.07. The second kappa shape index (κ2) is 10.8. The summed E-state index contributed by atoms with van der Waals surface area (Å²) < 4.78 is 16.0. The Morgan fingerprint density at radius 1 is 0.929 bits per heavy atom. The van der Waals surface area contributed by atoms with E-state index in [0.29, 0.717) is 23.8 Å². The molecule has 1 amide bonds. The summed E-state index contributed by atoms with van der Waals surface area (Å²) in [6.07, 6.45) is 0.864. The molecule has 0 saturated heterocycles. The van der Waals surface area contributed by atoms with Crippen molar-refractivity contribution < 1.29 is 23.8 Å². The van der Waals surface area contributed by atoms with Crippen LogP contribution in [-0.4, -0.2) is 45.8 Å². The Balaban J connectivity index is 1.75. The van der Waals surface area contributed by atoms with Gasteiger partial charge in [-0.2, -0.15) is 0 Å². The minimum Gasteiger partial charge on any atom is -0.490 e. The number of hydrogen-bond donors (Lipinski definition) is 1. The molecule has 7 heteroatoms. The van der Waals surface area contributed by atoms with Crippen molar-refractivity contribution in [2.45, 2.75) is 13.3 Å². The van der Waals surface area contributed by atoms with Crippen LogP contribution in [0.5, 0.6) is 11.5 Å². The molecule has 0 aromatic heterocycles. The molecule has 2 rings (SSSR count). The molecule has 2 aromatic carbocycles. The highest BCUT2D eigenvalue weighted by atomic mass is 16.6. The molecule has 0 bridgehead atoms. The lowest BCUT2D eigenvalue weighted by Gasteiger charge is -2.13. The van der Waals surface area contributed by atoms with Gasteiger partial charge in [-0.1, -0.05) is 19.1 Å². The quantitative estimate of drug-likeness (QED) is 0.633. The average molecular weight is 386 g/mol. The number of carbonyl (C=O) groups is 2. The van der Waals surface area contributed by atoms with Crippen molar-refractivity contribution in [1.82, 2.24) is 0 Å². The number of esters is 1. The Bertz CT molecular complexity index is 775. The number of amides is 1.